The summed E-state index contributed by atoms with van der Waals surface area (Å²) >= 11 is 1.37. The summed E-state index contributed by atoms with van der Waals surface area (Å²) in [6, 6.07) is 3.27. The van der Waals surface area contributed by atoms with Crippen LogP contribution in [0.1, 0.15) is 29.4 Å². The molecule has 1 aliphatic rings. The Morgan fingerprint density at radius 2 is 2.16 bits per heavy atom. The van der Waals surface area contributed by atoms with Gasteiger partial charge >= 0.3 is 0 Å². The molecule has 6 heteroatoms. The molecular formula is C13H19N3O2S. The van der Waals surface area contributed by atoms with E-state index in [0.29, 0.717) is 4.88 Å². The lowest BCUT2D eigenvalue weighted by molar-refractivity contribution is -0.123. The van der Waals surface area contributed by atoms with Crippen molar-refractivity contribution in [1.29, 1.82) is 0 Å². The lowest BCUT2D eigenvalue weighted by Gasteiger charge is -2.25. The van der Waals surface area contributed by atoms with Crippen LogP contribution in [0.3, 0.4) is 0 Å². The summed E-state index contributed by atoms with van der Waals surface area (Å²) < 4.78 is 0. The first-order chi connectivity index (χ1) is 9.16. The Labute approximate surface area is 116 Å². The maximum Gasteiger partial charge on any atom is 0.261 e. The van der Waals surface area contributed by atoms with Crippen LogP contribution in [-0.4, -0.2) is 37.0 Å². The van der Waals surface area contributed by atoms with Crippen molar-refractivity contribution < 1.29 is 9.59 Å². The van der Waals surface area contributed by atoms with Gasteiger partial charge in [0.25, 0.3) is 5.91 Å². The van der Waals surface area contributed by atoms with E-state index in [0.717, 1.165) is 25.9 Å². The molecule has 104 valence electrons. The van der Waals surface area contributed by atoms with E-state index in [9.17, 15) is 9.59 Å². The predicted octanol–water partition coefficient (Wildman–Crippen LogP) is 0.735. The van der Waals surface area contributed by atoms with Crippen LogP contribution in [0.5, 0.6) is 0 Å². The zero-order chi connectivity index (χ0) is 13.7. The molecule has 0 bridgehead atoms. The lowest BCUT2D eigenvalue weighted by atomic mass is 10.1. The highest BCUT2D eigenvalue weighted by molar-refractivity contribution is 7.12. The number of nitrogens with one attached hydrogen (secondary N) is 3. The first-order valence-corrected chi connectivity index (χ1v) is 7.40. The second-order valence-electron chi connectivity index (χ2n) is 4.71. The molecule has 0 aromatic carbocycles. The van der Waals surface area contributed by atoms with Crippen molar-refractivity contribution in [1.82, 2.24) is 16.0 Å². The van der Waals surface area contributed by atoms with Gasteiger partial charge in [-0.2, -0.15) is 0 Å². The van der Waals surface area contributed by atoms with E-state index in [2.05, 4.69) is 16.0 Å². The fourth-order valence-corrected chi connectivity index (χ4v) is 2.66. The molecule has 1 saturated heterocycles. The summed E-state index contributed by atoms with van der Waals surface area (Å²) in [5.74, 6) is -0.306. The van der Waals surface area contributed by atoms with E-state index in [4.69, 9.17) is 0 Å². The largest absolute Gasteiger partial charge is 0.351 e. The minimum Gasteiger partial charge on any atom is -0.351 e. The number of carbonyl (C=O) groups is 2. The maximum atomic E-state index is 12.0. The number of carbonyl (C=O) groups excluding carboxylic acids is 2. The molecule has 5 nitrogen and oxygen atoms in total. The zero-order valence-electron chi connectivity index (χ0n) is 10.9. The molecule has 0 radical (unpaired) electrons. The standard InChI is InChI=1S/C13H19N3O2S/c1-9(15-13(18)11-3-2-8-19-11)12(17)16-10-4-6-14-7-5-10/h2-3,8-10,14H,4-7H2,1H3,(H,15,18)(H,16,17). The number of amides is 2. The fraction of sp³-hybridized carbons (Fsp3) is 0.538. The van der Waals surface area contributed by atoms with Crippen LogP contribution in [0, 0.1) is 0 Å². The summed E-state index contributed by atoms with van der Waals surface area (Å²) in [7, 11) is 0. The Morgan fingerprint density at radius 3 is 2.79 bits per heavy atom. The SMILES string of the molecule is CC(NC(=O)c1cccs1)C(=O)NC1CCNCC1. The molecule has 0 aliphatic carbocycles. The second kappa shape index (κ2) is 6.68. The summed E-state index contributed by atoms with van der Waals surface area (Å²) in [5.41, 5.74) is 0. The Morgan fingerprint density at radius 1 is 1.42 bits per heavy atom. The van der Waals surface area contributed by atoms with Gasteiger partial charge in [-0.05, 0) is 44.3 Å². The molecule has 1 aromatic rings. The summed E-state index contributed by atoms with van der Waals surface area (Å²) in [4.78, 5) is 24.4. The number of piperidine rings is 1. The number of rotatable bonds is 4. The monoisotopic (exact) mass is 281 g/mol. The van der Waals surface area contributed by atoms with Crippen LogP contribution in [0.25, 0.3) is 0 Å². The van der Waals surface area contributed by atoms with Gasteiger partial charge in [0, 0.05) is 6.04 Å². The quantitative estimate of drug-likeness (QED) is 0.762. The molecule has 0 saturated carbocycles. The molecule has 2 amide bonds. The molecule has 1 fully saturated rings. The van der Waals surface area contributed by atoms with Gasteiger partial charge in [-0.15, -0.1) is 11.3 Å². The Balaban J connectivity index is 1.80. The van der Waals surface area contributed by atoms with Crippen molar-refractivity contribution in [3.8, 4) is 0 Å². The maximum absolute atomic E-state index is 12.0. The lowest BCUT2D eigenvalue weighted by Crippen LogP contribution is -2.50. The van der Waals surface area contributed by atoms with Crippen LogP contribution in [0.15, 0.2) is 17.5 Å². The molecule has 0 spiro atoms. The topological polar surface area (TPSA) is 70.2 Å². The molecule has 3 N–H and O–H groups in total. The van der Waals surface area contributed by atoms with Crippen molar-refractivity contribution >= 4 is 23.2 Å². The predicted molar refractivity (Wildman–Crippen MR) is 75.3 cm³/mol. The summed E-state index contributed by atoms with van der Waals surface area (Å²) in [6.45, 7) is 3.57. The highest BCUT2D eigenvalue weighted by Gasteiger charge is 2.21. The smallest absolute Gasteiger partial charge is 0.261 e. The van der Waals surface area contributed by atoms with Gasteiger partial charge in [-0.1, -0.05) is 6.07 Å². The van der Waals surface area contributed by atoms with Gasteiger partial charge in [0.15, 0.2) is 0 Å². The Hall–Kier alpha value is -1.40. The summed E-state index contributed by atoms with van der Waals surface area (Å²) in [6.07, 6.45) is 1.88. The zero-order valence-corrected chi connectivity index (χ0v) is 11.8. The van der Waals surface area contributed by atoms with Gasteiger partial charge in [0.1, 0.15) is 6.04 Å². The van der Waals surface area contributed by atoms with E-state index in [-0.39, 0.29) is 17.9 Å². The first-order valence-electron chi connectivity index (χ1n) is 6.52. The van der Waals surface area contributed by atoms with Crippen LogP contribution in [0.4, 0.5) is 0 Å². The average molecular weight is 281 g/mol. The second-order valence-corrected chi connectivity index (χ2v) is 5.65. The van der Waals surface area contributed by atoms with Crippen molar-refractivity contribution in [2.75, 3.05) is 13.1 Å². The van der Waals surface area contributed by atoms with Gasteiger partial charge in [0.2, 0.25) is 5.91 Å². The highest BCUT2D eigenvalue weighted by atomic mass is 32.1. The Bertz CT molecular complexity index is 427. The normalized spacial score (nSPS) is 17.7. The van der Waals surface area contributed by atoms with Gasteiger partial charge in [-0.3, -0.25) is 9.59 Å². The minimum atomic E-state index is -0.510. The van der Waals surface area contributed by atoms with E-state index >= 15 is 0 Å². The van der Waals surface area contributed by atoms with Crippen molar-refractivity contribution in [2.45, 2.75) is 31.8 Å². The number of hydrogen-bond donors (Lipinski definition) is 3. The van der Waals surface area contributed by atoms with E-state index in [1.165, 1.54) is 11.3 Å². The highest BCUT2D eigenvalue weighted by Crippen LogP contribution is 2.08. The van der Waals surface area contributed by atoms with Crippen LogP contribution in [0.2, 0.25) is 0 Å². The minimum absolute atomic E-state index is 0.114. The number of hydrogen-bond acceptors (Lipinski definition) is 4. The van der Waals surface area contributed by atoms with Crippen LogP contribution >= 0.6 is 11.3 Å². The Kier molecular flexibility index (Phi) is 4.93. The molecule has 1 unspecified atom stereocenters. The molecule has 1 aromatic heterocycles. The molecule has 2 rings (SSSR count). The average Bonchev–Trinajstić information content (AvgIpc) is 2.93. The third-order valence-electron chi connectivity index (χ3n) is 3.17. The first kappa shape index (κ1) is 14.0. The molecule has 1 aliphatic heterocycles. The van der Waals surface area contributed by atoms with Crippen LogP contribution in [-0.2, 0) is 4.79 Å². The van der Waals surface area contributed by atoms with E-state index < -0.39 is 6.04 Å². The van der Waals surface area contributed by atoms with Crippen molar-refractivity contribution in [3.05, 3.63) is 22.4 Å². The number of thiophene rings is 1. The van der Waals surface area contributed by atoms with E-state index in [1.807, 2.05) is 11.4 Å². The van der Waals surface area contributed by atoms with E-state index in [1.54, 1.807) is 13.0 Å². The molecule has 19 heavy (non-hydrogen) atoms. The molecular weight excluding hydrogens is 262 g/mol. The van der Waals surface area contributed by atoms with Crippen molar-refractivity contribution in [3.63, 3.8) is 0 Å². The van der Waals surface area contributed by atoms with Crippen molar-refractivity contribution in [2.24, 2.45) is 0 Å². The third-order valence-corrected chi connectivity index (χ3v) is 4.04. The van der Waals surface area contributed by atoms with Gasteiger partial charge < -0.3 is 16.0 Å². The summed E-state index contributed by atoms with van der Waals surface area (Å²) in [5, 5.41) is 10.8. The molecule has 1 atom stereocenters. The molecule has 2 heterocycles. The van der Waals surface area contributed by atoms with Crippen LogP contribution < -0.4 is 16.0 Å². The van der Waals surface area contributed by atoms with Gasteiger partial charge in [0.05, 0.1) is 4.88 Å². The third kappa shape index (κ3) is 4.04. The van der Waals surface area contributed by atoms with Gasteiger partial charge in [-0.25, -0.2) is 0 Å². The fourth-order valence-electron chi connectivity index (χ4n) is 2.03.